The quantitative estimate of drug-likeness (QED) is 0.864. The predicted octanol–water partition coefficient (Wildman–Crippen LogP) is 4.08. The summed E-state index contributed by atoms with van der Waals surface area (Å²) in [5.74, 6) is -0.622. The number of hydrogen-bond acceptors (Lipinski definition) is 2. The highest BCUT2D eigenvalue weighted by Crippen LogP contribution is 2.40. The van der Waals surface area contributed by atoms with Gasteiger partial charge in [-0.25, -0.2) is 0 Å². The standard InChI is InChI=1S/C21H24N2O2/c1-4-15-7-5-6-14(3)19(15)23-21(25)18-12-17(18)20(24)22-16-10-8-13(2)9-11-16/h5-11,17-18H,4,12H2,1-3H3,(H,22,24)(H,23,25). The van der Waals surface area contributed by atoms with Crippen LogP contribution in [0.3, 0.4) is 0 Å². The molecule has 2 amide bonds. The van der Waals surface area contributed by atoms with Gasteiger partial charge in [0, 0.05) is 11.4 Å². The largest absolute Gasteiger partial charge is 0.326 e. The molecule has 2 unspecified atom stereocenters. The molecule has 2 N–H and O–H groups in total. The van der Waals surface area contributed by atoms with Gasteiger partial charge >= 0.3 is 0 Å². The van der Waals surface area contributed by atoms with Crippen molar-refractivity contribution in [2.24, 2.45) is 11.8 Å². The van der Waals surface area contributed by atoms with Gasteiger partial charge in [0.05, 0.1) is 11.8 Å². The van der Waals surface area contributed by atoms with Crippen LogP contribution in [0.5, 0.6) is 0 Å². The summed E-state index contributed by atoms with van der Waals surface area (Å²) in [5, 5.41) is 5.92. The lowest BCUT2D eigenvalue weighted by molar-refractivity contribution is -0.122. The fourth-order valence-corrected chi connectivity index (χ4v) is 3.06. The van der Waals surface area contributed by atoms with E-state index in [1.165, 1.54) is 0 Å². The van der Waals surface area contributed by atoms with Crippen molar-refractivity contribution in [2.75, 3.05) is 10.6 Å². The van der Waals surface area contributed by atoms with Crippen molar-refractivity contribution in [2.45, 2.75) is 33.6 Å². The SMILES string of the molecule is CCc1cccc(C)c1NC(=O)C1CC1C(=O)Nc1ccc(C)cc1. The molecular formula is C21H24N2O2. The summed E-state index contributed by atoms with van der Waals surface area (Å²) in [7, 11) is 0. The van der Waals surface area contributed by atoms with Crippen LogP contribution >= 0.6 is 0 Å². The molecule has 0 spiro atoms. The van der Waals surface area contributed by atoms with Crippen LogP contribution in [-0.2, 0) is 16.0 Å². The van der Waals surface area contributed by atoms with Crippen LogP contribution in [0.15, 0.2) is 42.5 Å². The first-order valence-electron chi connectivity index (χ1n) is 8.76. The Hall–Kier alpha value is -2.62. The monoisotopic (exact) mass is 336 g/mol. The average molecular weight is 336 g/mol. The van der Waals surface area contributed by atoms with Gasteiger partial charge in [0.25, 0.3) is 0 Å². The molecule has 0 aliphatic heterocycles. The number of carbonyl (C=O) groups excluding carboxylic acids is 2. The molecule has 25 heavy (non-hydrogen) atoms. The van der Waals surface area contributed by atoms with Gasteiger partial charge < -0.3 is 10.6 Å². The van der Waals surface area contributed by atoms with Gasteiger partial charge in [-0.2, -0.15) is 0 Å². The number of benzene rings is 2. The van der Waals surface area contributed by atoms with E-state index in [1.54, 1.807) is 0 Å². The van der Waals surface area contributed by atoms with Crippen LogP contribution < -0.4 is 10.6 Å². The van der Waals surface area contributed by atoms with E-state index in [0.717, 1.165) is 34.5 Å². The maximum atomic E-state index is 12.5. The number of aryl methyl sites for hydroxylation is 3. The van der Waals surface area contributed by atoms with Crippen LogP contribution in [-0.4, -0.2) is 11.8 Å². The number of hydrogen-bond donors (Lipinski definition) is 2. The van der Waals surface area contributed by atoms with Crippen LogP contribution in [0.25, 0.3) is 0 Å². The molecule has 0 heterocycles. The van der Waals surface area contributed by atoms with Crippen LogP contribution in [0.4, 0.5) is 11.4 Å². The zero-order valence-electron chi connectivity index (χ0n) is 14.9. The third-order valence-electron chi connectivity index (χ3n) is 4.77. The average Bonchev–Trinajstić information content (AvgIpc) is 3.39. The zero-order chi connectivity index (χ0) is 18.0. The Morgan fingerprint density at radius 1 is 0.960 bits per heavy atom. The second kappa shape index (κ2) is 7.09. The molecule has 1 aliphatic rings. The van der Waals surface area contributed by atoms with Crippen molar-refractivity contribution in [3.63, 3.8) is 0 Å². The van der Waals surface area contributed by atoms with Crippen molar-refractivity contribution in [3.05, 3.63) is 59.2 Å². The minimum atomic E-state index is -0.241. The number of nitrogens with one attached hydrogen (secondary N) is 2. The lowest BCUT2D eigenvalue weighted by Crippen LogP contribution is -2.21. The van der Waals surface area contributed by atoms with Gasteiger partial charge in [0.2, 0.25) is 11.8 Å². The highest BCUT2D eigenvalue weighted by molar-refractivity contribution is 6.03. The first-order valence-corrected chi connectivity index (χ1v) is 8.76. The molecule has 3 rings (SSSR count). The lowest BCUT2D eigenvalue weighted by atomic mass is 10.1. The maximum Gasteiger partial charge on any atom is 0.228 e. The summed E-state index contributed by atoms with van der Waals surface area (Å²) in [6.45, 7) is 6.06. The maximum absolute atomic E-state index is 12.5. The van der Waals surface area contributed by atoms with Gasteiger partial charge in [-0.15, -0.1) is 0 Å². The van der Waals surface area contributed by atoms with Crippen molar-refractivity contribution in [1.29, 1.82) is 0 Å². The second-order valence-corrected chi connectivity index (χ2v) is 6.76. The Labute approximate surface area is 148 Å². The molecule has 0 aromatic heterocycles. The number of amides is 2. The summed E-state index contributed by atoms with van der Waals surface area (Å²) in [6.07, 6.45) is 1.47. The third-order valence-corrected chi connectivity index (χ3v) is 4.77. The molecule has 0 bridgehead atoms. The number of para-hydroxylation sites is 1. The van der Waals surface area contributed by atoms with Crippen molar-refractivity contribution < 1.29 is 9.59 Å². The van der Waals surface area contributed by atoms with Gasteiger partial charge in [0.1, 0.15) is 0 Å². The number of carbonyl (C=O) groups is 2. The van der Waals surface area contributed by atoms with E-state index >= 15 is 0 Å². The van der Waals surface area contributed by atoms with Crippen LogP contribution in [0.2, 0.25) is 0 Å². The minimum absolute atomic E-state index is 0.0620. The smallest absolute Gasteiger partial charge is 0.228 e. The zero-order valence-corrected chi connectivity index (χ0v) is 14.9. The highest BCUT2D eigenvalue weighted by Gasteiger charge is 2.48. The summed E-state index contributed by atoms with van der Waals surface area (Å²) in [6, 6.07) is 13.7. The Bertz CT molecular complexity index is 796. The molecule has 2 aromatic carbocycles. The Kier molecular flexibility index (Phi) is 4.88. The van der Waals surface area contributed by atoms with Gasteiger partial charge in [-0.1, -0.05) is 42.8 Å². The van der Waals surface area contributed by atoms with Gasteiger partial charge in [0.15, 0.2) is 0 Å². The van der Waals surface area contributed by atoms with Gasteiger partial charge in [-0.05, 0) is 49.9 Å². The summed E-state index contributed by atoms with van der Waals surface area (Å²) in [5.41, 5.74) is 4.98. The fourth-order valence-electron chi connectivity index (χ4n) is 3.06. The van der Waals surface area contributed by atoms with E-state index in [0.29, 0.717) is 6.42 Å². The molecule has 130 valence electrons. The topological polar surface area (TPSA) is 58.2 Å². The Morgan fingerprint density at radius 2 is 1.60 bits per heavy atom. The number of anilines is 2. The number of rotatable bonds is 5. The molecule has 1 fully saturated rings. The van der Waals surface area contributed by atoms with Crippen LogP contribution in [0.1, 0.15) is 30.0 Å². The Balaban J connectivity index is 1.60. The summed E-state index contributed by atoms with van der Waals surface area (Å²) < 4.78 is 0. The molecular weight excluding hydrogens is 312 g/mol. The van der Waals surface area contributed by atoms with Crippen LogP contribution in [0, 0.1) is 25.7 Å². The van der Waals surface area contributed by atoms with E-state index in [2.05, 4.69) is 17.6 Å². The predicted molar refractivity (Wildman–Crippen MR) is 101 cm³/mol. The molecule has 4 nitrogen and oxygen atoms in total. The molecule has 0 radical (unpaired) electrons. The Morgan fingerprint density at radius 3 is 2.24 bits per heavy atom. The second-order valence-electron chi connectivity index (χ2n) is 6.76. The highest BCUT2D eigenvalue weighted by atomic mass is 16.2. The van der Waals surface area contributed by atoms with Crippen molar-refractivity contribution in [1.82, 2.24) is 0 Å². The van der Waals surface area contributed by atoms with E-state index < -0.39 is 0 Å². The first kappa shape index (κ1) is 17.2. The van der Waals surface area contributed by atoms with E-state index in [1.807, 2.05) is 56.3 Å². The molecule has 4 heteroatoms. The molecule has 1 aliphatic carbocycles. The van der Waals surface area contributed by atoms with Crippen molar-refractivity contribution in [3.8, 4) is 0 Å². The summed E-state index contributed by atoms with van der Waals surface area (Å²) in [4.78, 5) is 24.8. The molecule has 1 saturated carbocycles. The molecule has 2 aromatic rings. The normalized spacial score (nSPS) is 18.5. The van der Waals surface area contributed by atoms with Gasteiger partial charge in [-0.3, -0.25) is 9.59 Å². The summed E-state index contributed by atoms with van der Waals surface area (Å²) >= 11 is 0. The minimum Gasteiger partial charge on any atom is -0.326 e. The third kappa shape index (κ3) is 3.90. The lowest BCUT2D eigenvalue weighted by Gasteiger charge is -2.13. The fraction of sp³-hybridized carbons (Fsp3) is 0.333. The van der Waals surface area contributed by atoms with E-state index in [-0.39, 0.29) is 23.7 Å². The van der Waals surface area contributed by atoms with Crippen molar-refractivity contribution >= 4 is 23.2 Å². The van der Waals surface area contributed by atoms with E-state index in [4.69, 9.17) is 0 Å². The molecule has 0 saturated heterocycles. The van der Waals surface area contributed by atoms with E-state index in [9.17, 15) is 9.59 Å². The first-order chi connectivity index (χ1) is 12.0. The molecule has 2 atom stereocenters.